The SMILES string of the molecule is COc1c(O)c(O)c(O)c2cc3cc4ccccc4cc3cc12. The highest BCUT2D eigenvalue weighted by molar-refractivity contribution is 6.09. The molecule has 0 unspecified atom stereocenters. The zero-order valence-electron chi connectivity index (χ0n) is 12.4. The maximum absolute atomic E-state index is 10.2. The fourth-order valence-corrected chi connectivity index (χ4v) is 3.06. The Morgan fingerprint density at radius 1 is 0.652 bits per heavy atom. The summed E-state index contributed by atoms with van der Waals surface area (Å²) in [4.78, 5) is 0. The first-order chi connectivity index (χ1) is 11.1. The number of phenolic OH excluding ortho intramolecular Hbond substituents is 3. The van der Waals surface area contributed by atoms with Gasteiger partial charge in [-0.05, 0) is 45.8 Å². The number of ether oxygens (including phenoxy) is 1. The molecule has 4 aromatic rings. The average Bonchev–Trinajstić information content (AvgIpc) is 2.57. The molecular weight excluding hydrogens is 292 g/mol. The number of aromatic hydroxyl groups is 3. The number of rotatable bonds is 1. The lowest BCUT2D eigenvalue weighted by Crippen LogP contribution is -1.88. The lowest BCUT2D eigenvalue weighted by atomic mass is 9.98. The molecule has 4 rings (SSSR count). The number of benzene rings is 4. The summed E-state index contributed by atoms with van der Waals surface area (Å²) in [5.41, 5.74) is 0. The molecule has 4 heteroatoms. The third kappa shape index (κ3) is 1.85. The molecule has 4 nitrogen and oxygen atoms in total. The van der Waals surface area contributed by atoms with Gasteiger partial charge in [-0.2, -0.15) is 0 Å². The predicted molar refractivity (Wildman–Crippen MR) is 90.5 cm³/mol. The van der Waals surface area contributed by atoms with Gasteiger partial charge >= 0.3 is 0 Å². The first kappa shape index (κ1) is 13.5. The van der Waals surface area contributed by atoms with Crippen LogP contribution in [-0.4, -0.2) is 22.4 Å². The van der Waals surface area contributed by atoms with E-state index in [9.17, 15) is 15.3 Å². The van der Waals surface area contributed by atoms with Crippen molar-refractivity contribution in [2.24, 2.45) is 0 Å². The Morgan fingerprint density at radius 2 is 1.22 bits per heavy atom. The van der Waals surface area contributed by atoms with Crippen LogP contribution in [0.3, 0.4) is 0 Å². The van der Waals surface area contributed by atoms with E-state index in [0.717, 1.165) is 21.5 Å². The summed E-state index contributed by atoms with van der Waals surface area (Å²) in [6.45, 7) is 0. The van der Waals surface area contributed by atoms with Gasteiger partial charge in [0, 0.05) is 10.8 Å². The van der Waals surface area contributed by atoms with Crippen molar-refractivity contribution < 1.29 is 20.1 Å². The van der Waals surface area contributed by atoms with E-state index in [1.807, 2.05) is 42.5 Å². The number of hydrogen-bond donors (Lipinski definition) is 3. The second kappa shape index (κ2) is 4.68. The van der Waals surface area contributed by atoms with Crippen molar-refractivity contribution in [3.8, 4) is 23.0 Å². The summed E-state index contributed by atoms with van der Waals surface area (Å²) in [5, 5.41) is 35.1. The third-order valence-corrected chi connectivity index (χ3v) is 4.21. The normalized spacial score (nSPS) is 11.3. The molecule has 0 radical (unpaired) electrons. The summed E-state index contributed by atoms with van der Waals surface area (Å²) in [6, 6.07) is 15.7. The zero-order valence-corrected chi connectivity index (χ0v) is 12.4. The van der Waals surface area contributed by atoms with Gasteiger partial charge in [0.25, 0.3) is 0 Å². The van der Waals surface area contributed by atoms with Crippen LogP contribution in [0.4, 0.5) is 0 Å². The van der Waals surface area contributed by atoms with Gasteiger partial charge in [-0.25, -0.2) is 0 Å². The molecule has 0 aliphatic carbocycles. The Morgan fingerprint density at radius 3 is 1.78 bits per heavy atom. The van der Waals surface area contributed by atoms with Crippen LogP contribution < -0.4 is 4.74 Å². The van der Waals surface area contributed by atoms with Crippen molar-refractivity contribution in [2.75, 3.05) is 7.11 Å². The van der Waals surface area contributed by atoms with Crippen molar-refractivity contribution >= 4 is 32.3 Å². The van der Waals surface area contributed by atoms with Crippen molar-refractivity contribution in [1.82, 2.24) is 0 Å². The molecule has 0 saturated heterocycles. The maximum Gasteiger partial charge on any atom is 0.205 e. The standard InChI is InChI=1S/C19H14O4/c1-23-19-15-9-13-7-11-5-3-2-4-10(11)6-12(13)8-14(15)16(20)17(21)18(19)22/h2-9,20-22H,1H3. The van der Waals surface area contributed by atoms with Crippen LogP contribution in [0.1, 0.15) is 0 Å². The minimum Gasteiger partial charge on any atom is -0.504 e. The Bertz CT molecular complexity index is 1080. The van der Waals surface area contributed by atoms with E-state index in [2.05, 4.69) is 0 Å². The van der Waals surface area contributed by atoms with Crippen LogP contribution in [0, 0.1) is 0 Å². The lowest BCUT2D eigenvalue weighted by Gasteiger charge is -2.13. The molecule has 0 bridgehead atoms. The molecule has 0 fully saturated rings. The fraction of sp³-hybridized carbons (Fsp3) is 0.0526. The second-order valence-corrected chi connectivity index (χ2v) is 5.52. The highest BCUT2D eigenvalue weighted by atomic mass is 16.5. The number of hydrogen-bond acceptors (Lipinski definition) is 4. The van der Waals surface area contributed by atoms with Gasteiger partial charge < -0.3 is 20.1 Å². The molecule has 4 aromatic carbocycles. The highest BCUT2D eigenvalue weighted by Gasteiger charge is 2.19. The molecule has 0 saturated carbocycles. The summed E-state index contributed by atoms with van der Waals surface area (Å²) >= 11 is 0. The van der Waals surface area contributed by atoms with Gasteiger partial charge in [-0.15, -0.1) is 0 Å². The average molecular weight is 306 g/mol. The molecule has 0 aromatic heterocycles. The predicted octanol–water partition coefficient (Wildman–Crippen LogP) is 4.27. The molecule has 0 heterocycles. The molecular formula is C19H14O4. The van der Waals surface area contributed by atoms with Crippen molar-refractivity contribution in [3.05, 3.63) is 48.5 Å². The van der Waals surface area contributed by atoms with Gasteiger partial charge in [0.2, 0.25) is 11.5 Å². The summed E-state index contributed by atoms with van der Waals surface area (Å²) < 4.78 is 5.21. The quantitative estimate of drug-likeness (QED) is 0.363. The van der Waals surface area contributed by atoms with E-state index >= 15 is 0 Å². The Labute approximate surface area is 131 Å². The van der Waals surface area contributed by atoms with E-state index in [1.54, 1.807) is 6.07 Å². The van der Waals surface area contributed by atoms with E-state index < -0.39 is 11.5 Å². The van der Waals surface area contributed by atoms with Crippen molar-refractivity contribution in [1.29, 1.82) is 0 Å². The fourth-order valence-electron chi connectivity index (χ4n) is 3.06. The topological polar surface area (TPSA) is 69.9 Å². The number of methoxy groups -OCH3 is 1. The van der Waals surface area contributed by atoms with E-state index in [0.29, 0.717) is 10.8 Å². The van der Waals surface area contributed by atoms with Gasteiger partial charge in [-0.1, -0.05) is 24.3 Å². The molecule has 3 N–H and O–H groups in total. The zero-order chi connectivity index (χ0) is 16.1. The van der Waals surface area contributed by atoms with Gasteiger partial charge in [0.05, 0.1) is 7.11 Å². The Hall–Kier alpha value is -3.14. The van der Waals surface area contributed by atoms with Crippen LogP contribution in [-0.2, 0) is 0 Å². The van der Waals surface area contributed by atoms with Gasteiger partial charge in [0.15, 0.2) is 11.5 Å². The minimum atomic E-state index is -0.575. The van der Waals surface area contributed by atoms with Crippen LogP contribution in [0.5, 0.6) is 23.0 Å². The number of phenols is 3. The van der Waals surface area contributed by atoms with Crippen molar-refractivity contribution in [3.63, 3.8) is 0 Å². The van der Waals surface area contributed by atoms with Crippen LogP contribution >= 0.6 is 0 Å². The summed E-state index contributed by atoms with van der Waals surface area (Å²) in [7, 11) is 1.41. The van der Waals surface area contributed by atoms with E-state index in [-0.39, 0.29) is 11.5 Å². The first-order valence-electron chi connectivity index (χ1n) is 7.17. The number of fused-ring (bicyclic) bond motifs is 3. The minimum absolute atomic E-state index is 0.144. The summed E-state index contributed by atoms with van der Waals surface area (Å²) in [6.07, 6.45) is 0. The van der Waals surface area contributed by atoms with Gasteiger partial charge in [0.1, 0.15) is 0 Å². The van der Waals surface area contributed by atoms with E-state index in [1.165, 1.54) is 7.11 Å². The molecule has 0 aliphatic heterocycles. The Balaban J connectivity index is 2.20. The van der Waals surface area contributed by atoms with Crippen molar-refractivity contribution in [2.45, 2.75) is 0 Å². The van der Waals surface area contributed by atoms with Gasteiger partial charge in [-0.3, -0.25) is 0 Å². The monoisotopic (exact) mass is 306 g/mol. The smallest absolute Gasteiger partial charge is 0.205 e. The second-order valence-electron chi connectivity index (χ2n) is 5.52. The summed E-state index contributed by atoms with van der Waals surface area (Å²) in [5.74, 6) is -1.24. The van der Waals surface area contributed by atoms with E-state index in [4.69, 9.17) is 4.74 Å². The molecule has 0 aliphatic rings. The largest absolute Gasteiger partial charge is 0.504 e. The van der Waals surface area contributed by atoms with Crippen LogP contribution in [0.25, 0.3) is 32.3 Å². The molecule has 0 atom stereocenters. The van der Waals surface area contributed by atoms with Crippen LogP contribution in [0.2, 0.25) is 0 Å². The first-order valence-corrected chi connectivity index (χ1v) is 7.17. The Kier molecular flexibility index (Phi) is 2.75. The molecule has 23 heavy (non-hydrogen) atoms. The lowest BCUT2D eigenvalue weighted by molar-refractivity contribution is 0.340. The molecule has 114 valence electrons. The third-order valence-electron chi connectivity index (χ3n) is 4.21. The molecule has 0 spiro atoms. The molecule has 0 amide bonds. The highest BCUT2D eigenvalue weighted by Crippen LogP contribution is 2.50. The maximum atomic E-state index is 10.2. The van der Waals surface area contributed by atoms with Crippen LogP contribution in [0.15, 0.2) is 48.5 Å².